The maximum absolute atomic E-state index is 13.3. The summed E-state index contributed by atoms with van der Waals surface area (Å²) in [7, 11) is 0. The van der Waals surface area contributed by atoms with Gasteiger partial charge in [0.1, 0.15) is 0 Å². The number of piperidine rings is 1. The third-order valence-electron chi connectivity index (χ3n) is 5.89. The molecule has 2 heterocycles. The Balaban J connectivity index is 1.61. The van der Waals surface area contributed by atoms with Crippen molar-refractivity contribution in [2.24, 2.45) is 0 Å². The van der Waals surface area contributed by atoms with E-state index in [0.29, 0.717) is 11.3 Å². The molecule has 2 aromatic rings. The second-order valence-electron chi connectivity index (χ2n) is 8.04. The third kappa shape index (κ3) is 4.68. The van der Waals surface area contributed by atoms with Crippen LogP contribution in [0.5, 0.6) is 0 Å². The average Bonchev–Trinajstić information content (AvgIpc) is 3.34. The Morgan fingerprint density at radius 1 is 0.903 bits per heavy atom. The van der Waals surface area contributed by atoms with Crippen molar-refractivity contribution in [3.8, 4) is 0 Å². The van der Waals surface area contributed by atoms with Gasteiger partial charge in [-0.25, -0.2) is 0 Å². The van der Waals surface area contributed by atoms with E-state index in [-0.39, 0.29) is 17.2 Å². The monoisotopic (exact) mass is 422 g/mol. The van der Waals surface area contributed by atoms with Crippen molar-refractivity contribution < 1.29 is 14.5 Å². The number of carbonyl (C=O) groups is 2. The van der Waals surface area contributed by atoms with Gasteiger partial charge in [-0.3, -0.25) is 19.7 Å². The lowest BCUT2D eigenvalue weighted by molar-refractivity contribution is -0.384. The van der Waals surface area contributed by atoms with Crippen LogP contribution in [-0.2, 0) is 0 Å². The molecule has 31 heavy (non-hydrogen) atoms. The summed E-state index contributed by atoms with van der Waals surface area (Å²) in [4.78, 5) is 40.6. The van der Waals surface area contributed by atoms with Crippen molar-refractivity contribution in [2.75, 3.05) is 36.4 Å². The van der Waals surface area contributed by atoms with Gasteiger partial charge in [-0.2, -0.15) is 0 Å². The number of carbonyl (C=O) groups excluding carboxylic acids is 2. The second-order valence-corrected chi connectivity index (χ2v) is 8.04. The Bertz CT molecular complexity index is 995. The van der Waals surface area contributed by atoms with Gasteiger partial charge in [-0.15, -0.1) is 0 Å². The molecule has 0 atom stereocenters. The van der Waals surface area contributed by atoms with Crippen LogP contribution in [0.3, 0.4) is 0 Å². The molecule has 0 aromatic heterocycles. The van der Waals surface area contributed by atoms with Crippen molar-refractivity contribution in [1.29, 1.82) is 0 Å². The summed E-state index contributed by atoms with van der Waals surface area (Å²) in [5.74, 6) is -0.456. The highest BCUT2D eigenvalue weighted by Gasteiger charge is 2.25. The normalized spacial score (nSPS) is 16.3. The number of likely N-dealkylation sites (tertiary alicyclic amines) is 1. The molecule has 8 nitrogen and oxygen atoms in total. The van der Waals surface area contributed by atoms with E-state index in [4.69, 9.17) is 0 Å². The summed E-state index contributed by atoms with van der Waals surface area (Å²) in [6.07, 6.45) is 5.36. The number of anilines is 2. The van der Waals surface area contributed by atoms with Crippen molar-refractivity contribution in [3.05, 3.63) is 63.7 Å². The molecule has 0 unspecified atom stereocenters. The molecule has 0 radical (unpaired) electrons. The third-order valence-corrected chi connectivity index (χ3v) is 5.89. The van der Waals surface area contributed by atoms with Crippen LogP contribution < -0.4 is 10.2 Å². The largest absolute Gasteiger partial charge is 0.371 e. The quantitative estimate of drug-likeness (QED) is 0.579. The van der Waals surface area contributed by atoms with Gasteiger partial charge >= 0.3 is 0 Å². The lowest BCUT2D eigenvalue weighted by atomic mass is 10.1. The fraction of sp³-hybridized carbons (Fsp3) is 0.391. The number of benzene rings is 2. The van der Waals surface area contributed by atoms with E-state index in [2.05, 4.69) is 10.2 Å². The van der Waals surface area contributed by atoms with E-state index < -0.39 is 10.8 Å². The Kier molecular flexibility index (Phi) is 6.16. The second kappa shape index (κ2) is 9.16. The van der Waals surface area contributed by atoms with E-state index >= 15 is 0 Å². The number of nitro benzene ring substituents is 1. The number of amides is 2. The Morgan fingerprint density at radius 2 is 1.61 bits per heavy atom. The summed E-state index contributed by atoms with van der Waals surface area (Å²) in [6, 6.07) is 11.0. The molecule has 2 aliphatic heterocycles. The number of nitrogens with zero attached hydrogens (tertiary/aromatic N) is 3. The van der Waals surface area contributed by atoms with Crippen molar-refractivity contribution in [3.63, 3.8) is 0 Å². The molecule has 8 heteroatoms. The molecule has 0 saturated carbocycles. The predicted octanol–water partition coefficient (Wildman–Crippen LogP) is 4.07. The van der Waals surface area contributed by atoms with E-state index in [1.807, 2.05) is 11.0 Å². The van der Waals surface area contributed by atoms with Crippen LogP contribution in [0.4, 0.5) is 17.1 Å². The van der Waals surface area contributed by atoms with Gasteiger partial charge in [0.2, 0.25) is 0 Å². The minimum Gasteiger partial charge on any atom is -0.371 e. The van der Waals surface area contributed by atoms with Gasteiger partial charge in [-0.05, 0) is 56.4 Å². The van der Waals surface area contributed by atoms with Crippen molar-refractivity contribution in [2.45, 2.75) is 32.1 Å². The Hall–Kier alpha value is -3.42. The molecule has 2 saturated heterocycles. The fourth-order valence-electron chi connectivity index (χ4n) is 4.25. The smallest absolute Gasteiger partial charge is 0.270 e. The number of nitrogens with one attached hydrogen (secondary N) is 1. The zero-order chi connectivity index (χ0) is 21.8. The zero-order valence-corrected chi connectivity index (χ0v) is 17.4. The van der Waals surface area contributed by atoms with E-state index in [9.17, 15) is 19.7 Å². The first-order valence-corrected chi connectivity index (χ1v) is 10.8. The van der Waals surface area contributed by atoms with Crippen LogP contribution in [0, 0.1) is 10.1 Å². The standard InChI is InChI=1S/C23H26N4O4/c28-22(17-7-6-8-19(15-17)27(30)31)24-18-9-10-21(25-11-4-5-12-25)20(16-18)23(29)26-13-2-1-3-14-26/h6-10,15-16H,1-5,11-14H2,(H,24,28). The van der Waals surface area contributed by atoms with Gasteiger partial charge in [0.15, 0.2) is 0 Å². The first-order chi connectivity index (χ1) is 15.0. The summed E-state index contributed by atoms with van der Waals surface area (Å²) < 4.78 is 0. The van der Waals surface area contributed by atoms with Gasteiger partial charge in [0.25, 0.3) is 17.5 Å². The molecule has 4 rings (SSSR count). The molecule has 2 aliphatic rings. The molecule has 2 amide bonds. The highest BCUT2D eigenvalue weighted by molar-refractivity contribution is 6.06. The lowest BCUT2D eigenvalue weighted by Gasteiger charge is -2.29. The van der Waals surface area contributed by atoms with Gasteiger partial charge < -0.3 is 15.1 Å². The number of hydrogen-bond acceptors (Lipinski definition) is 5. The SMILES string of the molecule is O=C(Nc1ccc(N2CCCC2)c(C(=O)N2CCCCC2)c1)c1cccc([N+](=O)[O-])c1. The van der Waals surface area contributed by atoms with Gasteiger partial charge in [0, 0.05) is 55.2 Å². The molecule has 162 valence electrons. The van der Waals surface area contributed by atoms with Crippen LogP contribution in [0.15, 0.2) is 42.5 Å². The van der Waals surface area contributed by atoms with Crippen molar-refractivity contribution in [1.82, 2.24) is 4.90 Å². The number of non-ortho nitro benzene ring substituents is 1. The molecule has 0 aliphatic carbocycles. The van der Waals surface area contributed by atoms with Gasteiger partial charge in [-0.1, -0.05) is 6.07 Å². The first-order valence-electron chi connectivity index (χ1n) is 10.8. The summed E-state index contributed by atoms with van der Waals surface area (Å²) >= 11 is 0. The molecular weight excluding hydrogens is 396 g/mol. The maximum atomic E-state index is 13.3. The summed E-state index contributed by atoms with van der Waals surface area (Å²) in [5.41, 5.74) is 2.06. The van der Waals surface area contributed by atoms with E-state index in [1.165, 1.54) is 24.3 Å². The molecule has 0 spiro atoms. The Labute approximate surface area is 181 Å². The fourth-order valence-corrected chi connectivity index (χ4v) is 4.25. The van der Waals surface area contributed by atoms with Crippen LogP contribution in [0.25, 0.3) is 0 Å². The highest BCUT2D eigenvalue weighted by Crippen LogP contribution is 2.30. The van der Waals surface area contributed by atoms with Crippen molar-refractivity contribution >= 4 is 28.9 Å². The summed E-state index contributed by atoms with van der Waals surface area (Å²) in [5, 5.41) is 13.8. The molecule has 1 N–H and O–H groups in total. The molecule has 2 fully saturated rings. The minimum absolute atomic E-state index is 0.00644. The topological polar surface area (TPSA) is 95.8 Å². The van der Waals surface area contributed by atoms with E-state index in [1.54, 1.807) is 12.1 Å². The average molecular weight is 422 g/mol. The van der Waals surface area contributed by atoms with Crippen LogP contribution in [-0.4, -0.2) is 47.8 Å². The van der Waals surface area contributed by atoms with Crippen LogP contribution >= 0.6 is 0 Å². The molecule has 0 bridgehead atoms. The number of rotatable bonds is 5. The van der Waals surface area contributed by atoms with Crippen LogP contribution in [0.1, 0.15) is 52.8 Å². The minimum atomic E-state index is -0.531. The predicted molar refractivity (Wildman–Crippen MR) is 119 cm³/mol. The first kappa shape index (κ1) is 20.8. The number of nitro groups is 1. The maximum Gasteiger partial charge on any atom is 0.270 e. The summed E-state index contributed by atoms with van der Waals surface area (Å²) in [6.45, 7) is 3.34. The lowest BCUT2D eigenvalue weighted by Crippen LogP contribution is -2.36. The molecular formula is C23H26N4O4. The van der Waals surface area contributed by atoms with Gasteiger partial charge in [0.05, 0.1) is 10.5 Å². The zero-order valence-electron chi connectivity index (χ0n) is 17.4. The molecule has 2 aromatic carbocycles. The Morgan fingerprint density at radius 3 is 2.32 bits per heavy atom. The van der Waals surface area contributed by atoms with Crippen LogP contribution in [0.2, 0.25) is 0 Å². The number of hydrogen-bond donors (Lipinski definition) is 1. The highest BCUT2D eigenvalue weighted by atomic mass is 16.6. The van der Waals surface area contributed by atoms with E-state index in [0.717, 1.165) is 64.0 Å².